The van der Waals surface area contributed by atoms with Crippen molar-refractivity contribution in [3.05, 3.63) is 71.6 Å². The monoisotopic (exact) mass is 427 g/mol. The summed E-state index contributed by atoms with van der Waals surface area (Å²) in [6, 6.07) is 15.0. The third-order valence-corrected chi connectivity index (χ3v) is 7.49. The first kappa shape index (κ1) is 21.1. The Balaban J connectivity index is 1.39. The predicted molar refractivity (Wildman–Crippen MR) is 129 cm³/mol. The van der Waals surface area contributed by atoms with E-state index in [2.05, 4.69) is 47.1 Å². The van der Waals surface area contributed by atoms with Crippen LogP contribution in [0.5, 0.6) is 0 Å². The lowest BCUT2D eigenvalue weighted by Crippen LogP contribution is -2.47. The van der Waals surface area contributed by atoms with Crippen molar-refractivity contribution < 1.29 is 4.79 Å². The van der Waals surface area contributed by atoms with Crippen molar-refractivity contribution in [1.82, 2.24) is 9.88 Å². The van der Waals surface area contributed by atoms with Gasteiger partial charge < -0.3 is 4.90 Å². The van der Waals surface area contributed by atoms with E-state index in [4.69, 9.17) is 4.99 Å². The third kappa shape index (κ3) is 4.41. The van der Waals surface area contributed by atoms with Crippen LogP contribution in [0.4, 0.5) is 0 Å². The minimum atomic E-state index is 0.226. The molecule has 3 aliphatic rings. The number of pyridine rings is 1. The van der Waals surface area contributed by atoms with Crippen LogP contribution in [0, 0.1) is 11.8 Å². The summed E-state index contributed by atoms with van der Waals surface area (Å²) in [7, 11) is 0. The number of likely N-dealkylation sites (tertiary alicyclic amines) is 1. The molecule has 1 aromatic carbocycles. The highest BCUT2D eigenvalue weighted by Gasteiger charge is 2.37. The number of benzene rings is 1. The third-order valence-electron chi connectivity index (χ3n) is 7.49. The zero-order valence-electron chi connectivity index (χ0n) is 19.0. The molecule has 1 saturated heterocycles. The number of amides is 1. The van der Waals surface area contributed by atoms with Gasteiger partial charge in [0.15, 0.2) is 0 Å². The van der Waals surface area contributed by atoms with Crippen LogP contribution in [-0.2, 0) is 11.2 Å². The molecule has 1 amide bonds. The van der Waals surface area contributed by atoms with Gasteiger partial charge in [-0.3, -0.25) is 14.8 Å². The number of carbonyl (C=O) groups excluding carboxylic acids is 1. The molecule has 4 heteroatoms. The van der Waals surface area contributed by atoms with Crippen molar-refractivity contribution in [1.29, 1.82) is 0 Å². The number of carbonyl (C=O) groups is 1. The molecular weight excluding hydrogens is 394 g/mol. The van der Waals surface area contributed by atoms with Crippen molar-refractivity contribution >= 4 is 17.3 Å². The van der Waals surface area contributed by atoms with Gasteiger partial charge in [-0.15, -0.1) is 0 Å². The average Bonchev–Trinajstić information content (AvgIpc) is 3.57. The molecule has 0 bridgehead atoms. The predicted octanol–water partition coefficient (Wildman–Crippen LogP) is 5.65. The lowest BCUT2D eigenvalue weighted by molar-refractivity contribution is -0.137. The summed E-state index contributed by atoms with van der Waals surface area (Å²) in [4.78, 5) is 25.0. The molecule has 2 aromatic rings. The number of aliphatic imine (C=N–C) groups is 1. The van der Waals surface area contributed by atoms with Gasteiger partial charge in [-0.25, -0.2) is 0 Å². The number of hydrogen-bond donors (Lipinski definition) is 0. The average molecular weight is 428 g/mol. The van der Waals surface area contributed by atoms with Gasteiger partial charge in [0.2, 0.25) is 5.91 Å². The molecule has 166 valence electrons. The van der Waals surface area contributed by atoms with Gasteiger partial charge >= 0.3 is 0 Å². The molecule has 1 saturated carbocycles. The number of aromatic nitrogens is 1. The first-order valence-electron chi connectivity index (χ1n) is 12.3. The molecule has 32 heavy (non-hydrogen) atoms. The number of allylic oxidation sites excluding steroid dienone is 1. The van der Waals surface area contributed by atoms with Gasteiger partial charge in [0, 0.05) is 49.2 Å². The van der Waals surface area contributed by atoms with Crippen molar-refractivity contribution in [3.63, 3.8) is 0 Å². The molecule has 2 atom stereocenters. The second-order valence-corrected chi connectivity index (χ2v) is 9.56. The van der Waals surface area contributed by atoms with Crippen LogP contribution in [0.15, 0.2) is 59.7 Å². The van der Waals surface area contributed by atoms with Gasteiger partial charge in [0.1, 0.15) is 0 Å². The highest BCUT2D eigenvalue weighted by atomic mass is 16.2. The van der Waals surface area contributed by atoms with Crippen LogP contribution in [-0.4, -0.2) is 34.6 Å². The van der Waals surface area contributed by atoms with Crippen molar-refractivity contribution in [2.45, 2.75) is 57.8 Å². The molecular formula is C28H33N3O. The Morgan fingerprint density at radius 2 is 1.81 bits per heavy atom. The highest BCUT2D eigenvalue weighted by molar-refractivity contribution is 5.97. The van der Waals surface area contributed by atoms with E-state index in [9.17, 15) is 4.79 Å². The molecule has 0 N–H and O–H groups in total. The number of rotatable bonds is 5. The molecule has 1 aliphatic carbocycles. The first-order chi connectivity index (χ1) is 15.7. The Labute approximate surface area is 191 Å². The molecule has 0 radical (unpaired) electrons. The Bertz CT molecular complexity index is 1000. The fraction of sp³-hybridized carbons (Fsp3) is 0.464. The van der Waals surface area contributed by atoms with Gasteiger partial charge in [-0.1, -0.05) is 56.2 Å². The van der Waals surface area contributed by atoms with E-state index in [-0.39, 0.29) is 5.92 Å². The zero-order valence-corrected chi connectivity index (χ0v) is 19.0. The van der Waals surface area contributed by atoms with Crippen LogP contribution in [0.2, 0.25) is 0 Å². The van der Waals surface area contributed by atoms with Gasteiger partial charge in [-0.2, -0.15) is 0 Å². The molecule has 0 spiro atoms. The van der Waals surface area contributed by atoms with E-state index >= 15 is 0 Å². The number of piperidine rings is 1. The summed E-state index contributed by atoms with van der Waals surface area (Å²) in [5.41, 5.74) is 5.84. The summed E-state index contributed by atoms with van der Waals surface area (Å²) in [6.45, 7) is 3.84. The highest BCUT2D eigenvalue weighted by Crippen LogP contribution is 2.36. The summed E-state index contributed by atoms with van der Waals surface area (Å²) >= 11 is 0. The van der Waals surface area contributed by atoms with E-state index in [1.165, 1.54) is 29.7 Å². The van der Waals surface area contributed by atoms with E-state index in [1.807, 2.05) is 24.4 Å². The van der Waals surface area contributed by atoms with Crippen LogP contribution < -0.4 is 0 Å². The molecule has 1 aromatic heterocycles. The molecule has 2 aliphatic heterocycles. The topological polar surface area (TPSA) is 45.6 Å². The molecule has 5 rings (SSSR count). The van der Waals surface area contributed by atoms with E-state index in [1.54, 1.807) is 0 Å². The van der Waals surface area contributed by atoms with Crippen LogP contribution in [0.25, 0.3) is 5.70 Å². The van der Waals surface area contributed by atoms with Crippen molar-refractivity contribution in [2.24, 2.45) is 16.8 Å². The second kappa shape index (κ2) is 9.40. The lowest BCUT2D eigenvalue weighted by Gasteiger charge is -2.39. The van der Waals surface area contributed by atoms with Crippen molar-refractivity contribution in [3.8, 4) is 0 Å². The molecule has 3 heterocycles. The summed E-state index contributed by atoms with van der Waals surface area (Å²) < 4.78 is 0. The summed E-state index contributed by atoms with van der Waals surface area (Å²) in [5, 5.41) is 0. The Hall–Kier alpha value is -2.75. The minimum absolute atomic E-state index is 0.226. The lowest BCUT2D eigenvalue weighted by atomic mass is 9.81. The number of aryl methyl sites for hydroxylation is 1. The fourth-order valence-electron chi connectivity index (χ4n) is 5.60. The minimum Gasteiger partial charge on any atom is -0.341 e. The normalized spacial score (nSPS) is 23.8. The Morgan fingerprint density at radius 3 is 2.53 bits per heavy atom. The van der Waals surface area contributed by atoms with Gasteiger partial charge in [0.25, 0.3) is 0 Å². The second-order valence-electron chi connectivity index (χ2n) is 9.56. The number of hydrogen-bond acceptors (Lipinski definition) is 3. The summed E-state index contributed by atoms with van der Waals surface area (Å²) in [5.74, 6) is 1.28. The largest absolute Gasteiger partial charge is 0.341 e. The van der Waals surface area contributed by atoms with Crippen LogP contribution in [0.1, 0.15) is 68.2 Å². The standard InChI is InChI=1S/C28H33N3O/c1-2-20-10-12-21(13-11-20)23-17-24(19-31(18-23)28(32)22-7-3-4-8-22)25-14-15-27(30-25)26-9-5-6-16-29-26/h5-6,9-13,15-16,22-24H,2-4,7-8,14,17-19H2,1H3. The SMILES string of the molecule is CCc1ccc(C2CC(C3=NC(c4ccccn4)=CC3)CN(C(=O)C3CCCC3)C2)cc1. The summed E-state index contributed by atoms with van der Waals surface area (Å²) in [6.07, 6.45) is 11.5. The van der Waals surface area contributed by atoms with Gasteiger partial charge in [0.05, 0.1) is 11.4 Å². The molecule has 2 unspecified atom stereocenters. The van der Waals surface area contributed by atoms with Gasteiger partial charge in [-0.05, 0) is 48.9 Å². The fourth-order valence-corrected chi connectivity index (χ4v) is 5.60. The Morgan fingerprint density at radius 1 is 1.03 bits per heavy atom. The maximum absolute atomic E-state index is 13.4. The zero-order chi connectivity index (χ0) is 21.9. The maximum atomic E-state index is 13.4. The number of nitrogens with zero attached hydrogens (tertiary/aromatic N) is 3. The smallest absolute Gasteiger partial charge is 0.225 e. The van der Waals surface area contributed by atoms with Crippen LogP contribution in [0.3, 0.4) is 0 Å². The first-order valence-corrected chi connectivity index (χ1v) is 12.3. The maximum Gasteiger partial charge on any atom is 0.225 e. The van der Waals surface area contributed by atoms with Crippen molar-refractivity contribution in [2.75, 3.05) is 13.1 Å². The van der Waals surface area contributed by atoms with E-state index < -0.39 is 0 Å². The Kier molecular flexibility index (Phi) is 6.20. The van der Waals surface area contributed by atoms with Crippen LogP contribution >= 0.6 is 0 Å². The molecule has 4 nitrogen and oxygen atoms in total. The molecule has 2 fully saturated rings. The van der Waals surface area contributed by atoms with E-state index in [0.29, 0.717) is 17.7 Å². The quantitative estimate of drug-likeness (QED) is 0.619. The van der Waals surface area contributed by atoms with E-state index in [0.717, 1.165) is 56.6 Å².